The van der Waals surface area contributed by atoms with Crippen molar-refractivity contribution in [3.8, 4) is 0 Å². The summed E-state index contributed by atoms with van der Waals surface area (Å²) in [5.74, 6) is 0.155. The lowest BCUT2D eigenvalue weighted by Gasteiger charge is -2.43. The molecule has 2 N–H and O–H groups in total. The van der Waals surface area contributed by atoms with E-state index in [1.807, 2.05) is 19.9 Å². The molecule has 1 aliphatic carbocycles. The monoisotopic (exact) mass is 264 g/mol. The van der Waals surface area contributed by atoms with Crippen molar-refractivity contribution in [1.29, 1.82) is 0 Å². The van der Waals surface area contributed by atoms with Crippen LogP contribution in [0.4, 0.5) is 9.18 Å². The maximum atomic E-state index is 13.9. The summed E-state index contributed by atoms with van der Waals surface area (Å²) in [6.45, 7) is 4.70. The van der Waals surface area contributed by atoms with Gasteiger partial charge in [-0.15, -0.1) is 0 Å². The number of urea groups is 1. The summed E-state index contributed by atoms with van der Waals surface area (Å²) >= 11 is 0. The third kappa shape index (κ3) is 3.06. The molecule has 1 fully saturated rings. The van der Waals surface area contributed by atoms with Crippen molar-refractivity contribution in [2.24, 2.45) is 5.92 Å². The average Bonchev–Trinajstić information content (AvgIpc) is 2.32. The van der Waals surface area contributed by atoms with Crippen LogP contribution < -0.4 is 10.6 Å². The summed E-state index contributed by atoms with van der Waals surface area (Å²) in [7, 11) is 0. The first-order chi connectivity index (χ1) is 9.03. The Morgan fingerprint density at radius 3 is 2.58 bits per heavy atom. The van der Waals surface area contributed by atoms with Crippen molar-refractivity contribution in [2.45, 2.75) is 38.6 Å². The van der Waals surface area contributed by atoms with Gasteiger partial charge in [-0.1, -0.05) is 32.0 Å². The lowest BCUT2D eigenvalue weighted by molar-refractivity contribution is 0.173. The molecule has 0 heterocycles. The van der Waals surface area contributed by atoms with Crippen LogP contribution in [0.3, 0.4) is 0 Å². The molecule has 0 saturated heterocycles. The van der Waals surface area contributed by atoms with Gasteiger partial charge in [0.25, 0.3) is 0 Å². The molecular weight excluding hydrogens is 243 g/mol. The maximum Gasteiger partial charge on any atom is 0.315 e. The van der Waals surface area contributed by atoms with Crippen LogP contribution in [-0.2, 0) is 5.54 Å². The van der Waals surface area contributed by atoms with Crippen LogP contribution in [0, 0.1) is 11.7 Å². The standard InChI is InChI=1S/C15H21FN2O/c1-11(2)10-17-14(19)18-15(8-5-9-15)12-6-3-4-7-13(12)16/h3-4,6-7,11H,5,8-10H2,1-2H3,(H2,17,18,19). The highest BCUT2D eigenvalue weighted by Crippen LogP contribution is 2.42. The van der Waals surface area contributed by atoms with E-state index in [2.05, 4.69) is 10.6 Å². The first-order valence-electron chi connectivity index (χ1n) is 6.84. The van der Waals surface area contributed by atoms with Gasteiger partial charge in [0.05, 0.1) is 5.54 Å². The van der Waals surface area contributed by atoms with Gasteiger partial charge in [0.15, 0.2) is 0 Å². The minimum Gasteiger partial charge on any atom is -0.338 e. The predicted molar refractivity (Wildman–Crippen MR) is 73.3 cm³/mol. The first kappa shape index (κ1) is 13.8. The molecule has 1 aromatic carbocycles. The number of hydrogen-bond donors (Lipinski definition) is 2. The lowest BCUT2D eigenvalue weighted by Crippen LogP contribution is -2.54. The van der Waals surface area contributed by atoms with Crippen LogP contribution in [0.2, 0.25) is 0 Å². The fraction of sp³-hybridized carbons (Fsp3) is 0.533. The van der Waals surface area contributed by atoms with Crippen LogP contribution >= 0.6 is 0 Å². The topological polar surface area (TPSA) is 41.1 Å². The number of nitrogens with one attached hydrogen (secondary N) is 2. The second-order valence-corrected chi connectivity index (χ2v) is 5.64. The van der Waals surface area contributed by atoms with Crippen molar-refractivity contribution in [3.05, 3.63) is 35.6 Å². The van der Waals surface area contributed by atoms with Crippen molar-refractivity contribution >= 4 is 6.03 Å². The summed E-state index contributed by atoms with van der Waals surface area (Å²) in [5, 5.41) is 5.78. The smallest absolute Gasteiger partial charge is 0.315 e. The van der Waals surface area contributed by atoms with Crippen molar-refractivity contribution in [2.75, 3.05) is 6.54 Å². The van der Waals surface area contributed by atoms with E-state index in [-0.39, 0.29) is 11.8 Å². The molecular formula is C15H21FN2O. The minimum atomic E-state index is -0.521. The molecule has 0 spiro atoms. The SMILES string of the molecule is CC(C)CNC(=O)NC1(c2ccccc2F)CCC1. The van der Waals surface area contributed by atoms with E-state index >= 15 is 0 Å². The highest BCUT2D eigenvalue weighted by atomic mass is 19.1. The molecule has 4 heteroatoms. The Morgan fingerprint density at radius 2 is 2.05 bits per heavy atom. The summed E-state index contributed by atoms with van der Waals surface area (Å²) in [5.41, 5.74) is 0.0767. The van der Waals surface area contributed by atoms with Crippen LogP contribution in [0.5, 0.6) is 0 Å². The molecule has 2 amide bonds. The molecule has 2 rings (SSSR count). The Bertz CT molecular complexity index is 455. The molecule has 1 saturated carbocycles. The number of halogens is 1. The van der Waals surface area contributed by atoms with Gasteiger partial charge in [-0.3, -0.25) is 0 Å². The molecule has 0 aliphatic heterocycles. The average molecular weight is 264 g/mol. The molecule has 104 valence electrons. The summed E-state index contributed by atoms with van der Waals surface area (Å²) in [4.78, 5) is 11.9. The second-order valence-electron chi connectivity index (χ2n) is 5.64. The third-order valence-electron chi connectivity index (χ3n) is 3.62. The first-order valence-corrected chi connectivity index (χ1v) is 6.84. The van der Waals surface area contributed by atoms with Gasteiger partial charge >= 0.3 is 6.03 Å². The van der Waals surface area contributed by atoms with Crippen molar-refractivity contribution < 1.29 is 9.18 Å². The van der Waals surface area contributed by atoms with Gasteiger partial charge in [-0.2, -0.15) is 0 Å². The van der Waals surface area contributed by atoms with E-state index in [0.29, 0.717) is 18.0 Å². The minimum absolute atomic E-state index is 0.211. The van der Waals surface area contributed by atoms with Gasteiger partial charge in [-0.05, 0) is 31.2 Å². The molecule has 1 aliphatic rings. The summed E-state index contributed by atoms with van der Waals surface area (Å²) in [6.07, 6.45) is 2.60. The van der Waals surface area contributed by atoms with Gasteiger partial charge in [0.2, 0.25) is 0 Å². The Labute approximate surface area is 113 Å². The molecule has 0 aromatic heterocycles. The van der Waals surface area contributed by atoms with Crippen molar-refractivity contribution in [1.82, 2.24) is 10.6 Å². The largest absolute Gasteiger partial charge is 0.338 e. The highest BCUT2D eigenvalue weighted by molar-refractivity contribution is 5.75. The fourth-order valence-corrected chi connectivity index (χ4v) is 2.40. The van der Waals surface area contributed by atoms with Crippen molar-refractivity contribution in [3.63, 3.8) is 0 Å². The Balaban J connectivity index is 2.07. The summed E-state index contributed by atoms with van der Waals surface area (Å²) < 4.78 is 13.9. The van der Waals surface area contributed by atoms with Gasteiger partial charge in [-0.25, -0.2) is 9.18 Å². The van der Waals surface area contributed by atoms with E-state index in [9.17, 15) is 9.18 Å². The molecule has 0 radical (unpaired) electrons. The number of rotatable bonds is 4. The molecule has 0 unspecified atom stereocenters. The molecule has 1 aromatic rings. The van der Waals surface area contributed by atoms with Crippen LogP contribution in [-0.4, -0.2) is 12.6 Å². The number of hydrogen-bond acceptors (Lipinski definition) is 1. The van der Waals surface area contributed by atoms with E-state index in [1.54, 1.807) is 12.1 Å². The van der Waals surface area contributed by atoms with E-state index in [1.165, 1.54) is 6.07 Å². The normalized spacial score (nSPS) is 16.8. The van der Waals surface area contributed by atoms with E-state index < -0.39 is 5.54 Å². The molecule has 3 nitrogen and oxygen atoms in total. The number of carbonyl (C=O) groups excluding carboxylic acids is 1. The zero-order chi connectivity index (χ0) is 13.9. The Morgan fingerprint density at radius 1 is 1.37 bits per heavy atom. The van der Waals surface area contributed by atoms with E-state index in [4.69, 9.17) is 0 Å². The molecule has 19 heavy (non-hydrogen) atoms. The molecule has 0 atom stereocenters. The summed E-state index contributed by atoms with van der Waals surface area (Å²) in [6, 6.07) is 6.48. The zero-order valence-corrected chi connectivity index (χ0v) is 11.5. The number of amides is 2. The molecule has 0 bridgehead atoms. The highest BCUT2D eigenvalue weighted by Gasteiger charge is 2.41. The maximum absolute atomic E-state index is 13.9. The Hall–Kier alpha value is -1.58. The Kier molecular flexibility index (Phi) is 4.08. The van der Waals surface area contributed by atoms with E-state index in [0.717, 1.165) is 19.3 Å². The predicted octanol–water partition coefficient (Wildman–Crippen LogP) is 3.16. The number of benzene rings is 1. The van der Waals surface area contributed by atoms with Crippen LogP contribution in [0.25, 0.3) is 0 Å². The second kappa shape index (κ2) is 5.59. The van der Waals surface area contributed by atoms with Crippen LogP contribution in [0.1, 0.15) is 38.7 Å². The van der Waals surface area contributed by atoms with Gasteiger partial charge in [0.1, 0.15) is 5.82 Å². The van der Waals surface area contributed by atoms with Gasteiger partial charge in [0, 0.05) is 12.1 Å². The fourth-order valence-electron chi connectivity index (χ4n) is 2.40. The quantitative estimate of drug-likeness (QED) is 0.861. The third-order valence-corrected chi connectivity index (χ3v) is 3.62. The zero-order valence-electron chi connectivity index (χ0n) is 11.5. The number of carbonyl (C=O) groups is 1. The lowest BCUT2D eigenvalue weighted by atomic mass is 9.71. The van der Waals surface area contributed by atoms with Gasteiger partial charge < -0.3 is 10.6 Å². The van der Waals surface area contributed by atoms with Crippen LogP contribution in [0.15, 0.2) is 24.3 Å².